The highest BCUT2D eigenvalue weighted by Gasteiger charge is 2.21. The molecule has 0 spiro atoms. The van der Waals surface area contributed by atoms with Gasteiger partial charge >= 0.3 is 5.69 Å². The Kier molecular flexibility index (Phi) is 2.04. The van der Waals surface area contributed by atoms with Gasteiger partial charge in [0.05, 0.1) is 0 Å². The summed E-state index contributed by atoms with van der Waals surface area (Å²) in [7, 11) is 0. The van der Waals surface area contributed by atoms with Gasteiger partial charge < -0.3 is 0 Å². The van der Waals surface area contributed by atoms with Crippen molar-refractivity contribution in [3.8, 4) is 0 Å². The topological polar surface area (TPSA) is 39.8 Å². The first-order valence-corrected chi connectivity index (χ1v) is 4.61. The van der Waals surface area contributed by atoms with Crippen molar-refractivity contribution < 1.29 is 0 Å². The van der Waals surface area contributed by atoms with E-state index in [1.165, 1.54) is 11.1 Å². The van der Waals surface area contributed by atoms with E-state index in [2.05, 4.69) is 5.10 Å². The maximum absolute atomic E-state index is 11.6. The Labute approximate surface area is 76.5 Å². The maximum atomic E-state index is 11.6. The molecule has 13 heavy (non-hydrogen) atoms. The summed E-state index contributed by atoms with van der Waals surface area (Å²) < 4.78 is 3.10. The van der Waals surface area contributed by atoms with E-state index >= 15 is 0 Å². The fourth-order valence-corrected chi connectivity index (χ4v) is 1.49. The fraction of sp³-hybridized carbons (Fsp3) is 0.556. The number of hydrogen-bond acceptors (Lipinski definition) is 2. The summed E-state index contributed by atoms with van der Waals surface area (Å²) in [6.07, 6.45) is 8.57. The summed E-state index contributed by atoms with van der Waals surface area (Å²) in [6.45, 7) is 1.87. The molecular formula is C9H13N3O. The SMILES string of the molecule is C/C=C/n1ncn(C2CCC2)c1=O. The zero-order valence-electron chi connectivity index (χ0n) is 7.68. The monoisotopic (exact) mass is 179 g/mol. The number of nitrogens with zero attached hydrogens (tertiary/aromatic N) is 3. The molecule has 0 atom stereocenters. The molecule has 70 valence electrons. The standard InChI is InChI=1S/C9H13N3O/c1-2-6-12-9(13)11(7-10-12)8-4-3-5-8/h2,6-8H,3-5H2,1H3/b6-2+. The Morgan fingerprint density at radius 1 is 1.62 bits per heavy atom. The van der Waals surface area contributed by atoms with Gasteiger partial charge in [0.2, 0.25) is 0 Å². The normalized spacial score (nSPS) is 17.9. The molecule has 4 nitrogen and oxygen atoms in total. The third kappa shape index (κ3) is 1.32. The van der Waals surface area contributed by atoms with Crippen LogP contribution in [0, 0.1) is 0 Å². The van der Waals surface area contributed by atoms with E-state index in [4.69, 9.17) is 0 Å². The fourth-order valence-electron chi connectivity index (χ4n) is 1.49. The molecule has 2 rings (SSSR count). The van der Waals surface area contributed by atoms with Crippen LogP contribution in [0.4, 0.5) is 0 Å². The second-order valence-electron chi connectivity index (χ2n) is 3.33. The van der Waals surface area contributed by atoms with Crippen LogP contribution in [0.15, 0.2) is 17.2 Å². The molecule has 0 amide bonds. The van der Waals surface area contributed by atoms with Crippen LogP contribution in [0.2, 0.25) is 0 Å². The largest absolute Gasteiger partial charge is 0.350 e. The minimum absolute atomic E-state index is 0.0252. The molecule has 1 aliphatic rings. The second-order valence-corrected chi connectivity index (χ2v) is 3.33. The van der Waals surface area contributed by atoms with E-state index in [1.807, 2.05) is 6.92 Å². The van der Waals surface area contributed by atoms with Crippen LogP contribution < -0.4 is 5.69 Å². The van der Waals surface area contributed by atoms with Gasteiger partial charge in [-0.2, -0.15) is 9.78 Å². The van der Waals surface area contributed by atoms with Crippen LogP contribution in [0.25, 0.3) is 6.20 Å². The Bertz CT molecular complexity index is 370. The van der Waals surface area contributed by atoms with Crippen molar-refractivity contribution in [2.75, 3.05) is 0 Å². The number of aromatic nitrogens is 3. The first kappa shape index (κ1) is 8.29. The molecule has 0 aliphatic heterocycles. The predicted molar refractivity (Wildman–Crippen MR) is 50.4 cm³/mol. The highest BCUT2D eigenvalue weighted by atomic mass is 16.2. The first-order chi connectivity index (χ1) is 6.33. The zero-order valence-corrected chi connectivity index (χ0v) is 7.68. The van der Waals surface area contributed by atoms with E-state index in [0.717, 1.165) is 12.8 Å². The Balaban J connectivity index is 2.32. The highest BCUT2D eigenvalue weighted by Crippen LogP contribution is 2.29. The molecular weight excluding hydrogens is 166 g/mol. The minimum Gasteiger partial charge on any atom is -0.278 e. The average molecular weight is 179 g/mol. The van der Waals surface area contributed by atoms with Crippen molar-refractivity contribution in [2.24, 2.45) is 0 Å². The van der Waals surface area contributed by atoms with Gasteiger partial charge in [-0.15, -0.1) is 0 Å². The van der Waals surface area contributed by atoms with E-state index in [9.17, 15) is 4.79 Å². The van der Waals surface area contributed by atoms with E-state index in [-0.39, 0.29) is 5.69 Å². The lowest BCUT2D eigenvalue weighted by molar-refractivity contribution is 0.306. The van der Waals surface area contributed by atoms with Crippen LogP contribution >= 0.6 is 0 Å². The lowest BCUT2D eigenvalue weighted by Gasteiger charge is -2.24. The van der Waals surface area contributed by atoms with Crippen molar-refractivity contribution in [3.05, 3.63) is 22.9 Å². The number of allylic oxidation sites excluding steroid dienone is 1. The smallest absolute Gasteiger partial charge is 0.278 e. The maximum Gasteiger partial charge on any atom is 0.350 e. The molecule has 4 heteroatoms. The van der Waals surface area contributed by atoms with E-state index < -0.39 is 0 Å². The third-order valence-electron chi connectivity index (χ3n) is 2.48. The summed E-state index contributed by atoms with van der Waals surface area (Å²) >= 11 is 0. The average Bonchev–Trinajstić information content (AvgIpc) is 2.34. The van der Waals surface area contributed by atoms with Gasteiger partial charge in [-0.3, -0.25) is 4.57 Å². The summed E-state index contributed by atoms with van der Waals surface area (Å²) in [5.74, 6) is 0. The van der Waals surface area contributed by atoms with Gasteiger partial charge in [-0.25, -0.2) is 4.79 Å². The quantitative estimate of drug-likeness (QED) is 0.685. The van der Waals surface area contributed by atoms with Crippen molar-refractivity contribution in [1.29, 1.82) is 0 Å². The second kappa shape index (κ2) is 3.20. The molecule has 1 aromatic rings. The molecule has 1 saturated carbocycles. The van der Waals surface area contributed by atoms with Crippen molar-refractivity contribution >= 4 is 6.20 Å². The Morgan fingerprint density at radius 2 is 2.38 bits per heavy atom. The van der Waals surface area contributed by atoms with Gasteiger partial charge in [0.1, 0.15) is 6.33 Å². The van der Waals surface area contributed by atoms with E-state index in [0.29, 0.717) is 6.04 Å². The molecule has 0 saturated heterocycles. The van der Waals surface area contributed by atoms with Crippen LogP contribution in [0.5, 0.6) is 0 Å². The van der Waals surface area contributed by atoms with Crippen molar-refractivity contribution in [2.45, 2.75) is 32.2 Å². The first-order valence-electron chi connectivity index (χ1n) is 4.61. The molecule has 1 fully saturated rings. The minimum atomic E-state index is -0.0252. The third-order valence-corrected chi connectivity index (χ3v) is 2.48. The van der Waals surface area contributed by atoms with Gasteiger partial charge in [-0.05, 0) is 26.2 Å². The zero-order chi connectivity index (χ0) is 9.26. The van der Waals surface area contributed by atoms with Gasteiger partial charge in [0.25, 0.3) is 0 Å². The summed E-state index contributed by atoms with van der Waals surface area (Å²) in [4.78, 5) is 11.6. The summed E-state index contributed by atoms with van der Waals surface area (Å²) in [5, 5.41) is 3.99. The molecule has 1 aromatic heterocycles. The molecule has 1 heterocycles. The summed E-state index contributed by atoms with van der Waals surface area (Å²) in [6, 6.07) is 0.395. The lowest BCUT2D eigenvalue weighted by atomic mass is 9.93. The summed E-state index contributed by atoms with van der Waals surface area (Å²) in [5.41, 5.74) is -0.0252. The Hall–Kier alpha value is -1.32. The molecule has 1 aliphatic carbocycles. The van der Waals surface area contributed by atoms with Crippen LogP contribution in [0.3, 0.4) is 0 Å². The van der Waals surface area contributed by atoms with E-state index in [1.54, 1.807) is 23.2 Å². The van der Waals surface area contributed by atoms with Gasteiger partial charge in [0.15, 0.2) is 0 Å². The Morgan fingerprint density at radius 3 is 2.92 bits per heavy atom. The van der Waals surface area contributed by atoms with Gasteiger partial charge in [-0.1, -0.05) is 6.08 Å². The van der Waals surface area contributed by atoms with Crippen molar-refractivity contribution in [1.82, 2.24) is 14.3 Å². The predicted octanol–water partition coefficient (Wildman–Crippen LogP) is 1.26. The van der Waals surface area contributed by atoms with Crippen LogP contribution in [0.1, 0.15) is 32.2 Å². The highest BCUT2D eigenvalue weighted by molar-refractivity contribution is 5.16. The molecule has 0 radical (unpaired) electrons. The number of hydrogen-bond donors (Lipinski definition) is 0. The lowest BCUT2D eigenvalue weighted by Crippen LogP contribution is -2.29. The molecule has 0 N–H and O–H groups in total. The van der Waals surface area contributed by atoms with Crippen LogP contribution in [-0.2, 0) is 0 Å². The van der Waals surface area contributed by atoms with Crippen molar-refractivity contribution in [3.63, 3.8) is 0 Å². The molecule has 0 unspecified atom stereocenters. The molecule has 0 bridgehead atoms. The van der Waals surface area contributed by atoms with Crippen LogP contribution in [-0.4, -0.2) is 14.3 Å². The molecule has 0 aromatic carbocycles. The van der Waals surface area contributed by atoms with Gasteiger partial charge in [0, 0.05) is 12.2 Å². The number of rotatable bonds is 2.